The Labute approximate surface area is 219 Å². The zero-order chi connectivity index (χ0) is 25.8. The summed E-state index contributed by atoms with van der Waals surface area (Å²) in [5, 5.41) is 2.55. The van der Waals surface area contributed by atoms with Gasteiger partial charge in [-0.3, -0.25) is 9.59 Å². The third-order valence-corrected chi connectivity index (χ3v) is 9.14. The Kier molecular flexibility index (Phi) is 7.59. The Hall–Kier alpha value is -3.21. The van der Waals surface area contributed by atoms with Crippen LogP contribution in [0, 0.1) is 5.92 Å². The van der Waals surface area contributed by atoms with Crippen molar-refractivity contribution in [3.05, 3.63) is 87.2 Å². The van der Waals surface area contributed by atoms with E-state index in [-0.39, 0.29) is 28.8 Å². The van der Waals surface area contributed by atoms with E-state index in [0.717, 1.165) is 37.0 Å². The maximum atomic E-state index is 14.1. The Morgan fingerprint density at radius 1 is 1.08 bits per heavy atom. The van der Waals surface area contributed by atoms with Crippen LogP contribution in [0.15, 0.2) is 80.3 Å². The van der Waals surface area contributed by atoms with Crippen molar-refractivity contribution in [3.63, 3.8) is 0 Å². The zero-order valence-corrected chi connectivity index (χ0v) is 21.9. The number of nitrogens with one attached hydrogen (secondary N) is 2. The van der Waals surface area contributed by atoms with E-state index in [0.29, 0.717) is 23.2 Å². The van der Waals surface area contributed by atoms with Gasteiger partial charge >= 0.3 is 0 Å². The van der Waals surface area contributed by atoms with Gasteiger partial charge in [-0.2, -0.15) is 4.72 Å². The van der Waals surface area contributed by atoms with E-state index in [1.54, 1.807) is 40.7 Å². The van der Waals surface area contributed by atoms with Gasteiger partial charge in [0.1, 0.15) is 11.8 Å². The molecule has 1 aliphatic rings. The molecule has 1 fully saturated rings. The number of pyridine rings is 1. The van der Waals surface area contributed by atoms with Crippen LogP contribution in [0.25, 0.3) is 10.9 Å². The molecule has 0 saturated heterocycles. The number of aromatic amines is 1. The van der Waals surface area contributed by atoms with E-state index in [4.69, 9.17) is 4.42 Å². The number of carbonyl (C=O) groups excluding carboxylic acids is 1. The molecule has 3 aromatic heterocycles. The topological polar surface area (TPSA) is 112 Å². The maximum absolute atomic E-state index is 14.1. The molecule has 4 aromatic rings. The van der Waals surface area contributed by atoms with E-state index in [1.807, 2.05) is 23.6 Å². The van der Waals surface area contributed by atoms with E-state index in [2.05, 4.69) is 9.71 Å². The number of hydrogen-bond donors (Lipinski definition) is 2. The highest BCUT2D eigenvalue weighted by Gasteiger charge is 2.36. The second-order valence-electron chi connectivity index (χ2n) is 9.42. The number of benzene rings is 1. The van der Waals surface area contributed by atoms with Crippen LogP contribution in [-0.2, 0) is 27.9 Å². The van der Waals surface area contributed by atoms with Gasteiger partial charge in [0.25, 0.3) is 0 Å². The van der Waals surface area contributed by atoms with Crippen LogP contribution in [0.2, 0.25) is 0 Å². The summed E-state index contributed by atoms with van der Waals surface area (Å²) in [5.41, 5.74) is 0.290. The summed E-state index contributed by atoms with van der Waals surface area (Å²) < 4.78 is 35.5. The zero-order valence-electron chi connectivity index (χ0n) is 20.3. The summed E-state index contributed by atoms with van der Waals surface area (Å²) in [5.74, 6) is 0.277. The Balaban J connectivity index is 1.46. The number of hydrogen-bond acceptors (Lipinski definition) is 6. The average Bonchev–Trinajstić information content (AvgIpc) is 3.61. The molecular formula is C27H29N3O5S2. The molecule has 0 radical (unpaired) electrons. The molecule has 1 atom stereocenters. The van der Waals surface area contributed by atoms with Crippen molar-refractivity contribution < 1.29 is 17.6 Å². The second kappa shape index (κ2) is 11.0. The number of thiophene rings is 1. The third-order valence-electron chi connectivity index (χ3n) is 6.84. The molecule has 2 N–H and O–H groups in total. The molecule has 8 nitrogen and oxygen atoms in total. The molecule has 0 aliphatic heterocycles. The number of aromatic nitrogens is 1. The molecule has 10 heteroatoms. The SMILES string of the molecule is O=C([C@H](NS(=O)(=O)c1ccc2[nH]c(=O)ccc2c1)C1CCCCC1)N(Cc1ccco1)Cc1cccs1. The fourth-order valence-electron chi connectivity index (χ4n) is 4.94. The lowest BCUT2D eigenvalue weighted by Gasteiger charge is -2.33. The largest absolute Gasteiger partial charge is 0.467 e. The monoisotopic (exact) mass is 539 g/mol. The molecule has 0 bridgehead atoms. The molecule has 194 valence electrons. The summed E-state index contributed by atoms with van der Waals surface area (Å²) in [6.45, 7) is 0.615. The third kappa shape index (κ3) is 6.03. The van der Waals surface area contributed by atoms with Crippen LogP contribution in [0.5, 0.6) is 0 Å². The van der Waals surface area contributed by atoms with Gasteiger partial charge in [0, 0.05) is 16.5 Å². The summed E-state index contributed by atoms with van der Waals surface area (Å²) >= 11 is 1.55. The molecule has 1 aliphatic carbocycles. The number of sulfonamides is 1. The molecular weight excluding hydrogens is 510 g/mol. The number of amides is 1. The minimum atomic E-state index is -4.02. The first kappa shape index (κ1) is 25.4. The molecule has 1 saturated carbocycles. The van der Waals surface area contributed by atoms with Crippen molar-refractivity contribution in [2.24, 2.45) is 5.92 Å². The molecule has 5 rings (SSSR count). The molecule has 37 heavy (non-hydrogen) atoms. The van der Waals surface area contributed by atoms with Gasteiger partial charge in [0.15, 0.2) is 0 Å². The Bertz CT molecular complexity index is 1470. The van der Waals surface area contributed by atoms with Crippen molar-refractivity contribution in [1.82, 2.24) is 14.6 Å². The van der Waals surface area contributed by atoms with Gasteiger partial charge < -0.3 is 14.3 Å². The second-order valence-corrected chi connectivity index (χ2v) is 12.2. The molecule has 3 heterocycles. The Morgan fingerprint density at radius 2 is 1.92 bits per heavy atom. The van der Waals surface area contributed by atoms with Gasteiger partial charge in [0.2, 0.25) is 21.5 Å². The summed E-state index contributed by atoms with van der Waals surface area (Å²) in [6.07, 6.45) is 6.14. The van der Waals surface area contributed by atoms with Crippen molar-refractivity contribution in [3.8, 4) is 0 Å². The number of furan rings is 1. The van der Waals surface area contributed by atoms with E-state index >= 15 is 0 Å². The number of H-pyrrole nitrogens is 1. The highest BCUT2D eigenvalue weighted by atomic mass is 32.2. The normalized spacial score (nSPS) is 15.6. The van der Waals surface area contributed by atoms with E-state index in [9.17, 15) is 18.0 Å². The van der Waals surface area contributed by atoms with Crippen LogP contribution < -0.4 is 10.3 Å². The quantitative estimate of drug-likeness (QED) is 0.322. The van der Waals surface area contributed by atoms with Gasteiger partial charge in [-0.15, -0.1) is 11.3 Å². The highest BCUT2D eigenvalue weighted by Crippen LogP contribution is 2.30. The summed E-state index contributed by atoms with van der Waals surface area (Å²) in [6, 6.07) is 14.1. The van der Waals surface area contributed by atoms with Crippen molar-refractivity contribution in [2.45, 2.75) is 56.1 Å². The smallest absolute Gasteiger partial charge is 0.248 e. The minimum absolute atomic E-state index is 0.0523. The first-order valence-electron chi connectivity index (χ1n) is 12.4. The van der Waals surface area contributed by atoms with Crippen molar-refractivity contribution in [1.29, 1.82) is 0 Å². The predicted octanol–water partition coefficient (Wildman–Crippen LogP) is 4.64. The van der Waals surface area contributed by atoms with Gasteiger partial charge in [-0.1, -0.05) is 25.3 Å². The molecule has 0 spiro atoms. The summed E-state index contributed by atoms with van der Waals surface area (Å²) in [4.78, 5) is 31.1. The Morgan fingerprint density at radius 3 is 2.65 bits per heavy atom. The number of rotatable bonds is 9. The van der Waals surface area contributed by atoms with Crippen LogP contribution in [0.1, 0.15) is 42.7 Å². The van der Waals surface area contributed by atoms with Crippen LogP contribution >= 0.6 is 11.3 Å². The standard InChI is InChI=1S/C27H29N3O5S2/c31-25-13-10-20-16-23(11-12-24(20)28-25)37(33,34)29-26(19-6-2-1-3-7-19)27(32)30(17-21-8-4-14-35-21)18-22-9-5-15-36-22/h4-5,8-16,19,26,29H,1-3,6-7,17-18H2,(H,28,31)/t26-/m1/s1. The van der Waals surface area contributed by atoms with Gasteiger partial charge in [-0.25, -0.2) is 8.42 Å². The van der Waals surface area contributed by atoms with Crippen LogP contribution in [0.4, 0.5) is 0 Å². The lowest BCUT2D eigenvalue weighted by Crippen LogP contribution is -2.52. The first-order chi connectivity index (χ1) is 17.9. The van der Waals surface area contributed by atoms with E-state index in [1.165, 1.54) is 18.2 Å². The predicted molar refractivity (Wildman–Crippen MR) is 143 cm³/mol. The van der Waals surface area contributed by atoms with Crippen LogP contribution in [0.3, 0.4) is 0 Å². The average molecular weight is 540 g/mol. The summed E-state index contributed by atoms with van der Waals surface area (Å²) in [7, 11) is -4.02. The molecule has 1 aromatic carbocycles. The van der Waals surface area contributed by atoms with E-state index < -0.39 is 16.1 Å². The van der Waals surface area contributed by atoms with Gasteiger partial charge in [-0.05, 0) is 72.0 Å². The number of fused-ring (bicyclic) bond motifs is 1. The number of carbonyl (C=O) groups is 1. The lowest BCUT2D eigenvalue weighted by atomic mass is 9.83. The van der Waals surface area contributed by atoms with Crippen LogP contribution in [-0.4, -0.2) is 30.3 Å². The molecule has 1 amide bonds. The van der Waals surface area contributed by atoms with Crippen molar-refractivity contribution in [2.75, 3.05) is 0 Å². The minimum Gasteiger partial charge on any atom is -0.467 e. The number of nitrogens with zero attached hydrogens (tertiary/aromatic N) is 1. The maximum Gasteiger partial charge on any atom is 0.248 e. The fraction of sp³-hybridized carbons (Fsp3) is 0.333. The fourth-order valence-corrected chi connectivity index (χ4v) is 6.95. The first-order valence-corrected chi connectivity index (χ1v) is 14.7. The van der Waals surface area contributed by atoms with Gasteiger partial charge in [0.05, 0.1) is 24.2 Å². The highest BCUT2D eigenvalue weighted by molar-refractivity contribution is 7.89. The van der Waals surface area contributed by atoms with Crippen molar-refractivity contribution >= 4 is 38.2 Å². The molecule has 0 unspecified atom stereocenters. The lowest BCUT2D eigenvalue weighted by molar-refractivity contribution is -0.136.